The average Bonchev–Trinajstić information content (AvgIpc) is 3.32. The van der Waals surface area contributed by atoms with E-state index in [1.165, 1.54) is 0 Å². The van der Waals surface area contributed by atoms with Gasteiger partial charge in [0.05, 0.1) is 10.4 Å². The summed E-state index contributed by atoms with van der Waals surface area (Å²) in [7, 11) is 3.48. The smallest absolute Gasteiger partial charge is 0.275 e. The highest BCUT2D eigenvalue weighted by Crippen LogP contribution is 2.37. The van der Waals surface area contributed by atoms with Crippen molar-refractivity contribution in [3.63, 3.8) is 0 Å². The minimum atomic E-state index is -0.119. The summed E-state index contributed by atoms with van der Waals surface area (Å²) in [6.07, 6.45) is 2.03. The summed E-state index contributed by atoms with van der Waals surface area (Å²) in [5.74, 6) is 0.447. The monoisotopic (exact) mass is 400 g/mol. The van der Waals surface area contributed by atoms with Gasteiger partial charge in [0.2, 0.25) is 0 Å². The normalized spacial score (nSPS) is 16.8. The molecule has 0 radical (unpaired) electrons. The molecule has 1 aromatic carbocycles. The van der Waals surface area contributed by atoms with Gasteiger partial charge in [0.15, 0.2) is 5.69 Å². The second-order valence-corrected chi connectivity index (χ2v) is 8.61. The van der Waals surface area contributed by atoms with Crippen LogP contribution < -0.4 is 5.32 Å². The second-order valence-electron chi connectivity index (χ2n) is 7.12. The molecule has 4 rings (SSSR count). The Hall–Kier alpha value is -2.02. The summed E-state index contributed by atoms with van der Waals surface area (Å²) < 4.78 is 0.912. The van der Waals surface area contributed by atoms with Crippen molar-refractivity contribution in [3.05, 3.63) is 46.7 Å². The van der Waals surface area contributed by atoms with Crippen molar-refractivity contribution >= 4 is 38.9 Å². The minimum Gasteiger partial charge on any atom is -0.343 e. The number of nitrogens with one attached hydrogen (secondary N) is 1. The van der Waals surface area contributed by atoms with Crippen molar-refractivity contribution in [2.45, 2.75) is 12.8 Å². The molecule has 0 bridgehead atoms. The molecular formula is C20H21ClN4OS. The van der Waals surface area contributed by atoms with E-state index in [1.54, 1.807) is 30.3 Å². The van der Waals surface area contributed by atoms with Gasteiger partial charge in [-0.25, -0.2) is 0 Å². The van der Waals surface area contributed by atoms with E-state index in [9.17, 15) is 4.79 Å². The molecule has 27 heavy (non-hydrogen) atoms. The van der Waals surface area contributed by atoms with Gasteiger partial charge in [0, 0.05) is 29.4 Å². The molecule has 0 aliphatic carbocycles. The topological polar surface area (TPSA) is 58.1 Å². The molecule has 0 spiro atoms. The molecule has 0 saturated carbocycles. The Morgan fingerprint density at radius 1 is 1.30 bits per heavy atom. The predicted octanol–water partition coefficient (Wildman–Crippen LogP) is 3.87. The third-order valence-corrected chi connectivity index (χ3v) is 6.35. The van der Waals surface area contributed by atoms with Crippen molar-refractivity contribution < 1.29 is 4.79 Å². The third-order valence-electron chi connectivity index (χ3n) is 4.91. The van der Waals surface area contributed by atoms with E-state index >= 15 is 0 Å². The summed E-state index contributed by atoms with van der Waals surface area (Å²) in [5, 5.41) is 13.9. The Morgan fingerprint density at radius 3 is 2.74 bits per heavy atom. The van der Waals surface area contributed by atoms with Crippen LogP contribution in [0, 0.1) is 5.92 Å². The Bertz CT molecular complexity index is 978. The van der Waals surface area contributed by atoms with Crippen molar-refractivity contribution in [2.24, 2.45) is 5.92 Å². The van der Waals surface area contributed by atoms with Crippen LogP contribution >= 0.6 is 22.9 Å². The van der Waals surface area contributed by atoms with Gasteiger partial charge in [-0.3, -0.25) is 4.79 Å². The lowest BCUT2D eigenvalue weighted by Gasteiger charge is -2.12. The first-order valence-electron chi connectivity index (χ1n) is 9.00. The number of carbonyl (C=O) groups excluding carboxylic acids is 1. The third kappa shape index (κ3) is 3.70. The van der Waals surface area contributed by atoms with E-state index in [4.69, 9.17) is 11.6 Å². The molecule has 1 aliphatic heterocycles. The number of benzene rings is 1. The van der Waals surface area contributed by atoms with E-state index in [2.05, 4.69) is 21.6 Å². The number of carbonyl (C=O) groups is 1. The zero-order chi connectivity index (χ0) is 19.0. The molecule has 1 atom stereocenters. The molecular weight excluding hydrogens is 380 g/mol. The molecule has 3 heterocycles. The van der Waals surface area contributed by atoms with Crippen LogP contribution in [0.3, 0.4) is 0 Å². The van der Waals surface area contributed by atoms with Gasteiger partial charge >= 0.3 is 0 Å². The highest BCUT2D eigenvalue weighted by molar-refractivity contribution is 7.22. The highest BCUT2D eigenvalue weighted by atomic mass is 35.5. The first-order valence-corrected chi connectivity index (χ1v) is 10.2. The Balaban J connectivity index is 1.83. The van der Waals surface area contributed by atoms with Gasteiger partial charge in [-0.15, -0.1) is 16.4 Å². The number of thiophene rings is 1. The predicted molar refractivity (Wildman–Crippen MR) is 111 cm³/mol. The van der Waals surface area contributed by atoms with E-state index in [1.807, 2.05) is 24.3 Å². The summed E-state index contributed by atoms with van der Waals surface area (Å²) >= 11 is 7.62. The lowest BCUT2D eigenvalue weighted by atomic mass is 10.00. The standard InChI is InChI=1S/C20H21ClN4OS/c1-25(2)20(26)18-19-15(16(23-24-18)9-12-7-8-22-11-12)10-17(27-19)13-3-5-14(21)6-4-13/h3-6,10,12,22H,7-9,11H2,1-2H3. The largest absolute Gasteiger partial charge is 0.343 e. The molecule has 1 N–H and O–H groups in total. The number of amides is 1. The lowest BCUT2D eigenvalue weighted by molar-refractivity contribution is 0.0823. The van der Waals surface area contributed by atoms with Crippen LogP contribution in [0.2, 0.25) is 5.02 Å². The van der Waals surface area contributed by atoms with Gasteiger partial charge in [-0.2, -0.15) is 5.10 Å². The first kappa shape index (κ1) is 18.3. The van der Waals surface area contributed by atoms with Gasteiger partial charge < -0.3 is 10.2 Å². The fraction of sp³-hybridized carbons (Fsp3) is 0.350. The van der Waals surface area contributed by atoms with E-state index in [-0.39, 0.29) is 5.91 Å². The number of hydrogen-bond acceptors (Lipinski definition) is 5. The second kappa shape index (κ2) is 7.54. The SMILES string of the molecule is CN(C)C(=O)c1nnc(CC2CCNC2)c2cc(-c3ccc(Cl)cc3)sc12. The fourth-order valence-corrected chi connectivity index (χ4v) is 4.70. The summed E-state index contributed by atoms with van der Waals surface area (Å²) in [6, 6.07) is 9.91. The number of rotatable bonds is 4. The molecule has 140 valence electrons. The van der Waals surface area contributed by atoms with E-state index in [0.717, 1.165) is 52.2 Å². The van der Waals surface area contributed by atoms with Gasteiger partial charge in [0.25, 0.3) is 5.91 Å². The Labute approximate surface area is 167 Å². The van der Waals surface area contributed by atoms with Crippen LogP contribution in [0.25, 0.3) is 20.5 Å². The maximum Gasteiger partial charge on any atom is 0.275 e. The molecule has 1 aliphatic rings. The lowest BCUT2D eigenvalue weighted by Crippen LogP contribution is -2.23. The quantitative estimate of drug-likeness (QED) is 0.722. The van der Waals surface area contributed by atoms with Crippen LogP contribution in [-0.4, -0.2) is 48.2 Å². The molecule has 7 heteroatoms. The fourth-order valence-electron chi connectivity index (χ4n) is 3.41. The number of halogens is 1. The molecule has 1 amide bonds. The summed E-state index contributed by atoms with van der Waals surface area (Å²) in [4.78, 5) is 15.2. The number of aromatic nitrogens is 2. The number of nitrogens with zero attached hydrogens (tertiary/aromatic N) is 3. The zero-order valence-corrected chi connectivity index (χ0v) is 16.9. The highest BCUT2D eigenvalue weighted by Gasteiger charge is 2.23. The molecule has 1 saturated heterocycles. The maximum absolute atomic E-state index is 12.6. The zero-order valence-electron chi connectivity index (χ0n) is 15.3. The van der Waals surface area contributed by atoms with Crippen molar-refractivity contribution in [1.29, 1.82) is 0 Å². The Morgan fingerprint density at radius 2 is 2.07 bits per heavy atom. The minimum absolute atomic E-state index is 0.119. The van der Waals surface area contributed by atoms with Crippen LogP contribution in [0.15, 0.2) is 30.3 Å². The first-order chi connectivity index (χ1) is 13.0. The molecule has 5 nitrogen and oxygen atoms in total. The van der Waals surface area contributed by atoms with Gasteiger partial charge in [0.1, 0.15) is 0 Å². The molecule has 3 aromatic rings. The summed E-state index contributed by atoms with van der Waals surface area (Å²) in [6.45, 7) is 2.06. The maximum atomic E-state index is 12.6. The van der Waals surface area contributed by atoms with Crippen molar-refractivity contribution in [1.82, 2.24) is 20.4 Å². The summed E-state index contributed by atoms with van der Waals surface area (Å²) in [5.41, 5.74) is 2.48. The van der Waals surface area contributed by atoms with E-state index in [0.29, 0.717) is 16.6 Å². The molecule has 2 aromatic heterocycles. The Kier molecular flexibility index (Phi) is 5.12. The average molecular weight is 401 g/mol. The van der Waals surface area contributed by atoms with Crippen LogP contribution in [-0.2, 0) is 6.42 Å². The van der Waals surface area contributed by atoms with Crippen LogP contribution in [0.5, 0.6) is 0 Å². The van der Waals surface area contributed by atoms with Gasteiger partial charge in [-0.05, 0) is 55.6 Å². The van der Waals surface area contributed by atoms with E-state index < -0.39 is 0 Å². The van der Waals surface area contributed by atoms with Crippen LogP contribution in [0.1, 0.15) is 22.6 Å². The van der Waals surface area contributed by atoms with Crippen molar-refractivity contribution in [3.8, 4) is 10.4 Å². The molecule has 1 unspecified atom stereocenters. The van der Waals surface area contributed by atoms with Gasteiger partial charge in [-0.1, -0.05) is 23.7 Å². The number of hydrogen-bond donors (Lipinski definition) is 1. The van der Waals surface area contributed by atoms with Crippen molar-refractivity contribution in [2.75, 3.05) is 27.2 Å². The van der Waals surface area contributed by atoms with Crippen LogP contribution in [0.4, 0.5) is 0 Å². The number of fused-ring (bicyclic) bond motifs is 1. The molecule has 1 fully saturated rings.